The minimum absolute atomic E-state index is 0.139. The standard InChI is InChI=1S/C17H22ClN3O2/c1-3-4-9-21-11-15(12(2)20-21)17(23)19-10-16(22)13-5-7-14(18)8-6-13/h5-8,11,16,22H,3-4,9-10H2,1-2H3,(H,19,23)/t16-/m0/s1. The molecule has 0 unspecified atom stereocenters. The number of aryl methyl sites for hydroxylation is 2. The number of aliphatic hydroxyl groups is 1. The Bertz CT molecular complexity index is 652. The van der Waals surface area contributed by atoms with Crippen LogP contribution in [0.1, 0.15) is 47.5 Å². The number of nitrogens with one attached hydrogen (secondary N) is 1. The number of aliphatic hydroxyl groups excluding tert-OH is 1. The van der Waals surface area contributed by atoms with Crippen molar-refractivity contribution in [3.8, 4) is 0 Å². The smallest absolute Gasteiger partial charge is 0.254 e. The van der Waals surface area contributed by atoms with Gasteiger partial charge in [0.05, 0.1) is 17.4 Å². The predicted octanol–water partition coefficient (Wildman–Crippen LogP) is 3.11. The summed E-state index contributed by atoms with van der Waals surface area (Å²) < 4.78 is 1.80. The first kappa shape index (κ1) is 17.5. The van der Waals surface area contributed by atoms with Gasteiger partial charge in [0.1, 0.15) is 0 Å². The molecule has 0 radical (unpaired) electrons. The Morgan fingerprint density at radius 1 is 1.39 bits per heavy atom. The molecule has 5 nitrogen and oxygen atoms in total. The highest BCUT2D eigenvalue weighted by Gasteiger charge is 2.15. The summed E-state index contributed by atoms with van der Waals surface area (Å²) in [6.07, 6.45) is 3.09. The number of carbonyl (C=O) groups excluding carboxylic acids is 1. The molecule has 1 atom stereocenters. The predicted molar refractivity (Wildman–Crippen MR) is 90.6 cm³/mol. The van der Waals surface area contributed by atoms with Gasteiger partial charge in [-0.05, 0) is 31.0 Å². The fourth-order valence-corrected chi connectivity index (χ4v) is 2.39. The average Bonchev–Trinajstić information content (AvgIpc) is 2.92. The van der Waals surface area contributed by atoms with Crippen LogP contribution < -0.4 is 5.32 Å². The molecule has 0 aliphatic heterocycles. The number of aromatic nitrogens is 2. The largest absolute Gasteiger partial charge is 0.387 e. The topological polar surface area (TPSA) is 67.2 Å². The molecule has 0 aliphatic rings. The first-order valence-electron chi connectivity index (χ1n) is 7.77. The van der Waals surface area contributed by atoms with Gasteiger partial charge in [0.15, 0.2) is 0 Å². The van der Waals surface area contributed by atoms with Gasteiger partial charge >= 0.3 is 0 Å². The summed E-state index contributed by atoms with van der Waals surface area (Å²) in [6, 6.07) is 6.91. The molecular weight excluding hydrogens is 314 g/mol. The molecule has 0 bridgehead atoms. The summed E-state index contributed by atoms with van der Waals surface area (Å²) >= 11 is 5.82. The summed E-state index contributed by atoms with van der Waals surface area (Å²) in [5.74, 6) is -0.224. The van der Waals surface area contributed by atoms with Gasteiger partial charge in [0, 0.05) is 24.3 Å². The maximum atomic E-state index is 12.2. The number of unbranched alkanes of at least 4 members (excludes halogenated alkanes) is 1. The van der Waals surface area contributed by atoms with Crippen LogP contribution in [0.2, 0.25) is 5.02 Å². The highest BCUT2D eigenvalue weighted by Crippen LogP contribution is 2.16. The lowest BCUT2D eigenvalue weighted by Gasteiger charge is -2.12. The molecule has 2 aromatic rings. The van der Waals surface area contributed by atoms with Crippen LogP contribution in [0.15, 0.2) is 30.5 Å². The van der Waals surface area contributed by atoms with Gasteiger partial charge in [-0.3, -0.25) is 9.48 Å². The van der Waals surface area contributed by atoms with E-state index in [9.17, 15) is 9.90 Å². The monoisotopic (exact) mass is 335 g/mol. The van der Waals surface area contributed by atoms with Crippen LogP contribution in [0, 0.1) is 6.92 Å². The van der Waals surface area contributed by atoms with Crippen molar-refractivity contribution in [3.05, 3.63) is 52.3 Å². The number of benzene rings is 1. The third-order valence-electron chi connectivity index (χ3n) is 3.64. The Hall–Kier alpha value is -1.85. The molecule has 6 heteroatoms. The zero-order chi connectivity index (χ0) is 16.8. The lowest BCUT2D eigenvalue weighted by Crippen LogP contribution is -2.28. The lowest BCUT2D eigenvalue weighted by atomic mass is 10.1. The number of hydrogen-bond acceptors (Lipinski definition) is 3. The minimum atomic E-state index is -0.772. The molecule has 1 aromatic carbocycles. The Morgan fingerprint density at radius 2 is 2.09 bits per heavy atom. The molecule has 2 rings (SSSR count). The Morgan fingerprint density at radius 3 is 2.74 bits per heavy atom. The summed E-state index contributed by atoms with van der Waals surface area (Å²) in [6.45, 7) is 4.87. The van der Waals surface area contributed by atoms with Gasteiger partial charge in [0.2, 0.25) is 0 Å². The van der Waals surface area contributed by atoms with Gasteiger partial charge in [-0.2, -0.15) is 5.10 Å². The molecule has 0 aliphatic carbocycles. The van der Waals surface area contributed by atoms with Crippen molar-refractivity contribution >= 4 is 17.5 Å². The normalized spacial score (nSPS) is 12.2. The lowest BCUT2D eigenvalue weighted by molar-refractivity contribution is 0.0915. The first-order valence-corrected chi connectivity index (χ1v) is 8.14. The number of nitrogens with zero attached hydrogens (tertiary/aromatic N) is 2. The summed E-state index contributed by atoms with van der Waals surface area (Å²) in [5.41, 5.74) is 1.95. The Balaban J connectivity index is 1.94. The molecule has 2 N–H and O–H groups in total. The quantitative estimate of drug-likeness (QED) is 0.817. The van der Waals surface area contributed by atoms with Crippen LogP contribution in [0.4, 0.5) is 0 Å². The van der Waals surface area contributed by atoms with Gasteiger partial charge in [-0.15, -0.1) is 0 Å². The van der Waals surface area contributed by atoms with Crippen molar-refractivity contribution in [1.82, 2.24) is 15.1 Å². The van der Waals surface area contributed by atoms with E-state index in [1.54, 1.807) is 35.1 Å². The van der Waals surface area contributed by atoms with E-state index in [2.05, 4.69) is 17.3 Å². The zero-order valence-corrected chi connectivity index (χ0v) is 14.2. The van der Waals surface area contributed by atoms with Crippen LogP contribution in [-0.2, 0) is 6.54 Å². The molecule has 1 amide bonds. The zero-order valence-electron chi connectivity index (χ0n) is 13.4. The molecule has 124 valence electrons. The molecule has 0 saturated heterocycles. The van der Waals surface area contributed by atoms with E-state index < -0.39 is 6.10 Å². The van der Waals surface area contributed by atoms with Crippen molar-refractivity contribution in [2.75, 3.05) is 6.54 Å². The SMILES string of the molecule is CCCCn1cc(C(=O)NC[C@H](O)c2ccc(Cl)cc2)c(C)n1. The third kappa shape index (κ3) is 4.81. The second kappa shape index (κ2) is 8.13. The number of amides is 1. The number of carbonyl (C=O) groups is 1. The maximum absolute atomic E-state index is 12.2. The third-order valence-corrected chi connectivity index (χ3v) is 3.89. The van der Waals surface area contributed by atoms with E-state index in [0.29, 0.717) is 21.8 Å². The van der Waals surface area contributed by atoms with E-state index in [4.69, 9.17) is 11.6 Å². The Kier molecular flexibility index (Phi) is 6.19. The summed E-state index contributed by atoms with van der Waals surface area (Å²) in [7, 11) is 0. The van der Waals surface area contributed by atoms with E-state index in [1.165, 1.54) is 0 Å². The van der Waals surface area contributed by atoms with Crippen molar-refractivity contribution in [2.24, 2.45) is 0 Å². The van der Waals surface area contributed by atoms with Crippen LogP contribution >= 0.6 is 11.6 Å². The van der Waals surface area contributed by atoms with Crippen molar-refractivity contribution < 1.29 is 9.90 Å². The van der Waals surface area contributed by atoms with Crippen molar-refractivity contribution in [1.29, 1.82) is 0 Å². The molecular formula is C17H22ClN3O2. The summed E-state index contributed by atoms with van der Waals surface area (Å²) in [4.78, 5) is 12.2. The molecule has 23 heavy (non-hydrogen) atoms. The highest BCUT2D eigenvalue weighted by atomic mass is 35.5. The fraction of sp³-hybridized carbons (Fsp3) is 0.412. The fourth-order valence-electron chi connectivity index (χ4n) is 2.26. The van der Waals surface area contributed by atoms with Gasteiger partial charge < -0.3 is 10.4 Å². The second-order valence-electron chi connectivity index (χ2n) is 5.52. The average molecular weight is 336 g/mol. The van der Waals surface area contributed by atoms with E-state index in [-0.39, 0.29) is 12.5 Å². The summed E-state index contributed by atoms with van der Waals surface area (Å²) in [5, 5.41) is 17.8. The van der Waals surface area contributed by atoms with E-state index in [1.807, 2.05) is 6.92 Å². The highest BCUT2D eigenvalue weighted by molar-refractivity contribution is 6.30. The maximum Gasteiger partial charge on any atom is 0.254 e. The van der Waals surface area contributed by atoms with Gasteiger partial charge in [-0.25, -0.2) is 0 Å². The molecule has 1 aromatic heterocycles. The van der Waals surface area contributed by atoms with E-state index in [0.717, 1.165) is 19.4 Å². The van der Waals surface area contributed by atoms with Crippen LogP contribution in [-0.4, -0.2) is 27.3 Å². The Labute approximate surface area is 141 Å². The van der Waals surface area contributed by atoms with Crippen LogP contribution in [0.5, 0.6) is 0 Å². The number of halogens is 1. The molecule has 1 heterocycles. The minimum Gasteiger partial charge on any atom is -0.387 e. The molecule has 0 saturated carbocycles. The molecule has 0 fully saturated rings. The van der Waals surface area contributed by atoms with E-state index >= 15 is 0 Å². The van der Waals surface area contributed by atoms with Gasteiger partial charge in [-0.1, -0.05) is 37.1 Å². The van der Waals surface area contributed by atoms with Crippen LogP contribution in [0.3, 0.4) is 0 Å². The second-order valence-corrected chi connectivity index (χ2v) is 5.96. The number of hydrogen-bond donors (Lipinski definition) is 2. The van der Waals surface area contributed by atoms with Crippen molar-refractivity contribution in [2.45, 2.75) is 39.3 Å². The van der Waals surface area contributed by atoms with Crippen LogP contribution in [0.25, 0.3) is 0 Å². The first-order chi connectivity index (χ1) is 11.0. The molecule has 0 spiro atoms. The number of rotatable bonds is 7. The van der Waals surface area contributed by atoms with Gasteiger partial charge in [0.25, 0.3) is 5.91 Å². The van der Waals surface area contributed by atoms with Crippen molar-refractivity contribution in [3.63, 3.8) is 0 Å².